The van der Waals surface area contributed by atoms with E-state index >= 15 is 0 Å². The van der Waals surface area contributed by atoms with Crippen molar-refractivity contribution in [2.45, 2.75) is 156 Å². The summed E-state index contributed by atoms with van der Waals surface area (Å²) in [4.78, 5) is 26.1. The van der Waals surface area contributed by atoms with Gasteiger partial charge in [0.05, 0.1) is 13.2 Å². The zero-order valence-electron chi connectivity index (χ0n) is 23.2. The van der Waals surface area contributed by atoms with Gasteiger partial charge in [0.1, 0.15) is 0 Å². The lowest BCUT2D eigenvalue weighted by atomic mass is 9.97. The van der Waals surface area contributed by atoms with Crippen molar-refractivity contribution in [1.82, 2.24) is 0 Å². The highest BCUT2D eigenvalue weighted by molar-refractivity contribution is 6.00. The number of unbranched alkanes of at least 4 members (excludes halogenated alkanes) is 14. The Kier molecular flexibility index (Phi) is 23.8. The van der Waals surface area contributed by atoms with Crippen molar-refractivity contribution in [1.29, 1.82) is 0 Å². The molecule has 0 aliphatic carbocycles. The van der Waals surface area contributed by atoms with Crippen LogP contribution in [0.3, 0.4) is 0 Å². The molecular weight excluding hydrogens is 424 g/mol. The molecule has 0 amide bonds. The van der Waals surface area contributed by atoms with Gasteiger partial charge < -0.3 is 9.47 Å². The summed E-state index contributed by atoms with van der Waals surface area (Å²) in [5.41, 5.74) is 1.15. The number of esters is 2. The van der Waals surface area contributed by atoms with Crippen LogP contribution in [0, 0.1) is 0 Å². The van der Waals surface area contributed by atoms with Crippen LogP contribution in [0.5, 0.6) is 0 Å². The molecule has 0 atom stereocenters. The smallest absolute Gasteiger partial charge is 0.334 e. The fourth-order valence-corrected chi connectivity index (χ4v) is 4.12. The molecule has 4 nitrogen and oxygen atoms in total. The molecule has 0 saturated carbocycles. The van der Waals surface area contributed by atoms with Gasteiger partial charge in [-0.1, -0.05) is 118 Å². The molecule has 200 valence electrons. The minimum absolute atomic E-state index is 0.298. The Labute approximate surface area is 211 Å². The van der Waals surface area contributed by atoms with E-state index < -0.39 is 0 Å². The van der Waals surface area contributed by atoms with Gasteiger partial charge in [0.2, 0.25) is 0 Å². The first kappa shape index (κ1) is 32.7. The van der Waals surface area contributed by atoms with Gasteiger partial charge in [-0.15, -0.1) is 0 Å². The number of rotatable bonds is 24. The van der Waals surface area contributed by atoms with Crippen molar-refractivity contribution in [2.24, 2.45) is 0 Å². The van der Waals surface area contributed by atoms with Crippen LogP contribution in [0.4, 0.5) is 0 Å². The zero-order chi connectivity index (χ0) is 25.3. The van der Waals surface area contributed by atoms with Crippen molar-refractivity contribution in [3.63, 3.8) is 0 Å². The molecule has 0 bridgehead atoms. The second-order valence-corrected chi connectivity index (χ2v) is 9.68. The van der Waals surface area contributed by atoms with E-state index in [0.29, 0.717) is 37.2 Å². The fourth-order valence-electron chi connectivity index (χ4n) is 4.12. The topological polar surface area (TPSA) is 52.6 Å². The van der Waals surface area contributed by atoms with Crippen LogP contribution in [-0.2, 0) is 19.1 Å². The maximum atomic E-state index is 13.0. The summed E-state index contributed by atoms with van der Waals surface area (Å²) in [5, 5.41) is 0. The van der Waals surface area contributed by atoms with E-state index in [9.17, 15) is 9.59 Å². The number of hydrogen-bond acceptors (Lipinski definition) is 4. The first-order valence-corrected chi connectivity index (χ1v) is 14.7. The molecule has 0 rings (SSSR count). The molecular formula is C30H56O4. The lowest BCUT2D eigenvalue weighted by Gasteiger charge is -2.15. The predicted molar refractivity (Wildman–Crippen MR) is 144 cm³/mol. The monoisotopic (exact) mass is 480 g/mol. The predicted octanol–water partition coefficient (Wildman–Crippen LogP) is 9.25. The van der Waals surface area contributed by atoms with Gasteiger partial charge in [-0.05, 0) is 38.5 Å². The summed E-state index contributed by atoms with van der Waals surface area (Å²) < 4.78 is 11.3. The molecule has 0 aromatic heterocycles. The van der Waals surface area contributed by atoms with Gasteiger partial charge in [-0.3, -0.25) is 0 Å². The Hall–Kier alpha value is -1.32. The second kappa shape index (κ2) is 24.8. The SMILES string of the molecule is CCCCCCCCOC(=O)/C(CCCCC)=C(/CCCCC)C(=O)OCCCCCCCC. The normalized spacial score (nSPS) is 11.9. The molecule has 0 aliphatic rings. The molecule has 0 aromatic carbocycles. The van der Waals surface area contributed by atoms with Crippen LogP contribution in [0.2, 0.25) is 0 Å². The van der Waals surface area contributed by atoms with Crippen molar-refractivity contribution < 1.29 is 19.1 Å². The van der Waals surface area contributed by atoms with Crippen LogP contribution >= 0.6 is 0 Å². The third-order valence-corrected chi connectivity index (χ3v) is 6.38. The van der Waals surface area contributed by atoms with Gasteiger partial charge in [-0.2, -0.15) is 0 Å². The third-order valence-electron chi connectivity index (χ3n) is 6.38. The molecule has 0 spiro atoms. The second-order valence-electron chi connectivity index (χ2n) is 9.68. The summed E-state index contributed by atoms with van der Waals surface area (Å²) in [6, 6.07) is 0. The highest BCUT2D eigenvalue weighted by Crippen LogP contribution is 2.22. The first-order chi connectivity index (χ1) is 16.6. The lowest BCUT2D eigenvalue weighted by Crippen LogP contribution is -2.18. The van der Waals surface area contributed by atoms with Crippen molar-refractivity contribution in [3.8, 4) is 0 Å². The standard InChI is InChI=1S/C30H56O4/c1-5-9-13-15-17-21-25-33-29(31)27(23-19-11-7-3)28(24-20-12-8-4)30(32)34-26-22-18-16-14-10-6-2/h5-26H2,1-4H3/b28-27-. The molecule has 4 heteroatoms. The molecule has 0 N–H and O–H groups in total. The van der Waals surface area contributed by atoms with E-state index in [-0.39, 0.29) is 11.9 Å². The molecule has 0 aliphatic heterocycles. The molecule has 0 aromatic rings. The largest absolute Gasteiger partial charge is 0.462 e. The summed E-state index contributed by atoms with van der Waals surface area (Å²) in [6.07, 6.45) is 21.1. The average Bonchev–Trinajstić information content (AvgIpc) is 2.84. The van der Waals surface area contributed by atoms with E-state index in [0.717, 1.165) is 64.2 Å². The molecule has 34 heavy (non-hydrogen) atoms. The van der Waals surface area contributed by atoms with Gasteiger partial charge in [-0.25, -0.2) is 9.59 Å². The number of carbonyl (C=O) groups excluding carboxylic acids is 2. The lowest BCUT2D eigenvalue weighted by molar-refractivity contribution is -0.142. The molecule has 0 heterocycles. The summed E-state index contributed by atoms with van der Waals surface area (Å²) >= 11 is 0. The average molecular weight is 481 g/mol. The van der Waals surface area contributed by atoms with Gasteiger partial charge >= 0.3 is 11.9 Å². The number of ether oxygens (including phenoxy) is 2. The summed E-state index contributed by atoms with van der Waals surface area (Å²) in [6.45, 7) is 9.61. The molecule has 0 radical (unpaired) electrons. The van der Waals surface area contributed by atoms with Crippen LogP contribution in [-0.4, -0.2) is 25.2 Å². The highest BCUT2D eigenvalue weighted by atomic mass is 16.5. The Balaban J connectivity index is 5.04. The highest BCUT2D eigenvalue weighted by Gasteiger charge is 2.23. The Bertz CT molecular complexity index is 478. The minimum atomic E-state index is -0.298. The van der Waals surface area contributed by atoms with Crippen LogP contribution in [0.25, 0.3) is 0 Å². The number of hydrogen-bond donors (Lipinski definition) is 0. The molecule has 0 saturated heterocycles. The minimum Gasteiger partial charge on any atom is -0.462 e. The van der Waals surface area contributed by atoms with Crippen molar-refractivity contribution in [3.05, 3.63) is 11.1 Å². The Morgan fingerprint density at radius 3 is 1.06 bits per heavy atom. The summed E-state index contributed by atoms with van der Waals surface area (Å²) in [7, 11) is 0. The zero-order valence-corrected chi connectivity index (χ0v) is 23.2. The van der Waals surface area contributed by atoms with Crippen molar-refractivity contribution >= 4 is 11.9 Å². The maximum Gasteiger partial charge on any atom is 0.334 e. The van der Waals surface area contributed by atoms with Gasteiger partial charge in [0.25, 0.3) is 0 Å². The van der Waals surface area contributed by atoms with E-state index in [1.807, 2.05) is 0 Å². The quantitative estimate of drug-likeness (QED) is 0.0784. The van der Waals surface area contributed by atoms with E-state index in [1.165, 1.54) is 51.4 Å². The maximum absolute atomic E-state index is 13.0. The van der Waals surface area contributed by atoms with E-state index in [1.54, 1.807) is 0 Å². The first-order valence-electron chi connectivity index (χ1n) is 14.7. The molecule has 0 unspecified atom stereocenters. The third kappa shape index (κ3) is 18.1. The van der Waals surface area contributed by atoms with Gasteiger partial charge in [0.15, 0.2) is 0 Å². The Morgan fingerprint density at radius 2 is 0.706 bits per heavy atom. The Morgan fingerprint density at radius 1 is 0.412 bits per heavy atom. The fraction of sp³-hybridized carbons (Fsp3) is 0.867. The van der Waals surface area contributed by atoms with Crippen LogP contribution in [0.15, 0.2) is 11.1 Å². The van der Waals surface area contributed by atoms with E-state index in [4.69, 9.17) is 9.47 Å². The van der Waals surface area contributed by atoms with Crippen LogP contribution < -0.4 is 0 Å². The van der Waals surface area contributed by atoms with Crippen LogP contribution in [0.1, 0.15) is 156 Å². The van der Waals surface area contributed by atoms with E-state index in [2.05, 4.69) is 27.7 Å². The van der Waals surface area contributed by atoms with Crippen molar-refractivity contribution in [2.75, 3.05) is 13.2 Å². The summed E-state index contributed by atoms with van der Waals surface area (Å²) in [5.74, 6) is -0.597. The molecule has 0 fully saturated rings. The number of carbonyl (C=O) groups is 2. The van der Waals surface area contributed by atoms with Gasteiger partial charge in [0, 0.05) is 11.1 Å².